The summed E-state index contributed by atoms with van der Waals surface area (Å²) in [6.07, 6.45) is 3.16. The molecule has 1 heterocycles. The van der Waals surface area contributed by atoms with Gasteiger partial charge in [-0.2, -0.15) is 0 Å². The molecule has 0 aliphatic heterocycles. The summed E-state index contributed by atoms with van der Waals surface area (Å²) in [5.41, 5.74) is 2.04. The third kappa shape index (κ3) is 4.83. The molecule has 2 unspecified atom stereocenters. The molecule has 0 radical (unpaired) electrons. The van der Waals surface area contributed by atoms with Gasteiger partial charge in [0, 0.05) is 25.0 Å². The lowest BCUT2D eigenvalue weighted by Crippen LogP contribution is -2.24. The van der Waals surface area contributed by atoms with Crippen molar-refractivity contribution in [1.29, 1.82) is 0 Å². The molecule has 1 aromatic carbocycles. The third-order valence-electron chi connectivity index (χ3n) is 3.46. The summed E-state index contributed by atoms with van der Waals surface area (Å²) >= 11 is 0. The monoisotopic (exact) mass is 300 g/mol. The van der Waals surface area contributed by atoms with Gasteiger partial charge in [0.05, 0.1) is 12.2 Å². The van der Waals surface area contributed by atoms with Crippen LogP contribution < -0.4 is 10.1 Å². The average molecular weight is 300 g/mol. The largest absolute Gasteiger partial charge is 0.491 e. The molecule has 0 aliphatic rings. The van der Waals surface area contributed by atoms with Crippen LogP contribution in [0.4, 0.5) is 0 Å². The molecule has 0 aliphatic carbocycles. The van der Waals surface area contributed by atoms with E-state index in [2.05, 4.69) is 17.2 Å². The molecule has 0 bridgehead atoms. The lowest BCUT2D eigenvalue weighted by Gasteiger charge is -2.18. The Bertz CT molecular complexity index is 555. The molecule has 4 nitrogen and oxygen atoms in total. The lowest BCUT2D eigenvalue weighted by atomic mass is 10.1. The standard InChI is InChI=1S/C18H24N2O2/c1-13(2)22-17-6-4-16(5-7-17)18(21)12-20-14(3)15-8-10-19-11-9-15/h4-11,13-14,18,20-21H,12H2,1-3H3. The number of nitrogens with one attached hydrogen (secondary N) is 1. The number of ether oxygens (including phenoxy) is 1. The first kappa shape index (κ1) is 16.5. The van der Waals surface area contributed by atoms with Crippen molar-refractivity contribution in [3.05, 3.63) is 59.9 Å². The molecular weight excluding hydrogens is 276 g/mol. The number of hydrogen-bond donors (Lipinski definition) is 2. The first-order valence-electron chi connectivity index (χ1n) is 7.64. The molecule has 2 N–H and O–H groups in total. The number of pyridine rings is 1. The molecule has 4 heteroatoms. The smallest absolute Gasteiger partial charge is 0.119 e. The van der Waals surface area contributed by atoms with Crippen molar-refractivity contribution in [2.45, 2.75) is 39.0 Å². The van der Waals surface area contributed by atoms with Gasteiger partial charge >= 0.3 is 0 Å². The molecule has 0 spiro atoms. The van der Waals surface area contributed by atoms with E-state index in [9.17, 15) is 5.11 Å². The number of aromatic nitrogens is 1. The summed E-state index contributed by atoms with van der Waals surface area (Å²) in [5.74, 6) is 0.823. The van der Waals surface area contributed by atoms with Gasteiger partial charge in [-0.05, 0) is 56.2 Å². The zero-order valence-electron chi connectivity index (χ0n) is 13.4. The van der Waals surface area contributed by atoms with Crippen LogP contribution in [-0.4, -0.2) is 22.7 Å². The van der Waals surface area contributed by atoms with Crippen molar-refractivity contribution in [1.82, 2.24) is 10.3 Å². The fourth-order valence-electron chi connectivity index (χ4n) is 2.22. The fourth-order valence-corrected chi connectivity index (χ4v) is 2.22. The van der Waals surface area contributed by atoms with Gasteiger partial charge in [-0.3, -0.25) is 4.98 Å². The second kappa shape index (κ2) is 7.92. The topological polar surface area (TPSA) is 54.4 Å². The van der Waals surface area contributed by atoms with Crippen LogP contribution >= 0.6 is 0 Å². The first-order valence-corrected chi connectivity index (χ1v) is 7.64. The zero-order valence-corrected chi connectivity index (χ0v) is 13.4. The molecule has 22 heavy (non-hydrogen) atoms. The van der Waals surface area contributed by atoms with Crippen LogP contribution in [0.2, 0.25) is 0 Å². The van der Waals surface area contributed by atoms with Gasteiger partial charge in [0.25, 0.3) is 0 Å². The van der Waals surface area contributed by atoms with Crippen LogP contribution in [0.15, 0.2) is 48.8 Å². The van der Waals surface area contributed by atoms with E-state index in [1.807, 2.05) is 50.2 Å². The van der Waals surface area contributed by atoms with Crippen LogP contribution in [-0.2, 0) is 0 Å². The van der Waals surface area contributed by atoms with E-state index in [1.54, 1.807) is 12.4 Å². The van der Waals surface area contributed by atoms with Crippen molar-refractivity contribution in [2.75, 3.05) is 6.54 Å². The van der Waals surface area contributed by atoms with E-state index >= 15 is 0 Å². The molecule has 0 fully saturated rings. The molecular formula is C18H24N2O2. The summed E-state index contributed by atoms with van der Waals surface area (Å²) in [4.78, 5) is 4.01. The van der Waals surface area contributed by atoms with Gasteiger partial charge in [0.2, 0.25) is 0 Å². The molecule has 0 saturated heterocycles. The molecule has 1 aromatic heterocycles. The minimum absolute atomic E-state index is 0.152. The predicted molar refractivity (Wildman–Crippen MR) is 87.8 cm³/mol. The Morgan fingerprint density at radius 1 is 1.00 bits per heavy atom. The molecule has 0 amide bonds. The Morgan fingerprint density at radius 3 is 2.23 bits per heavy atom. The summed E-state index contributed by atoms with van der Waals surface area (Å²) in [5, 5.41) is 13.6. The third-order valence-corrected chi connectivity index (χ3v) is 3.46. The van der Waals surface area contributed by atoms with E-state index in [-0.39, 0.29) is 12.1 Å². The van der Waals surface area contributed by atoms with Crippen LogP contribution in [0.3, 0.4) is 0 Å². The van der Waals surface area contributed by atoms with Crippen LogP contribution in [0.5, 0.6) is 5.75 Å². The highest BCUT2D eigenvalue weighted by Crippen LogP contribution is 2.19. The van der Waals surface area contributed by atoms with Crippen molar-refractivity contribution in [3.63, 3.8) is 0 Å². The van der Waals surface area contributed by atoms with Gasteiger partial charge in [-0.1, -0.05) is 12.1 Å². The van der Waals surface area contributed by atoms with Crippen LogP contribution in [0.25, 0.3) is 0 Å². The number of aliphatic hydroxyl groups is 1. The molecule has 0 saturated carbocycles. The van der Waals surface area contributed by atoms with Crippen molar-refractivity contribution < 1.29 is 9.84 Å². The predicted octanol–water partition coefficient (Wildman–Crippen LogP) is 3.25. The highest BCUT2D eigenvalue weighted by atomic mass is 16.5. The maximum Gasteiger partial charge on any atom is 0.119 e. The van der Waals surface area contributed by atoms with E-state index < -0.39 is 6.10 Å². The van der Waals surface area contributed by atoms with Gasteiger partial charge in [-0.25, -0.2) is 0 Å². The lowest BCUT2D eigenvalue weighted by molar-refractivity contribution is 0.170. The Labute approximate surface area is 132 Å². The Kier molecular flexibility index (Phi) is 5.92. The number of hydrogen-bond acceptors (Lipinski definition) is 4. The Morgan fingerprint density at radius 2 is 1.64 bits per heavy atom. The van der Waals surface area contributed by atoms with Crippen molar-refractivity contribution >= 4 is 0 Å². The molecule has 2 rings (SSSR count). The maximum atomic E-state index is 10.3. The summed E-state index contributed by atoms with van der Waals surface area (Å²) in [6.45, 7) is 6.55. The highest BCUT2D eigenvalue weighted by Gasteiger charge is 2.11. The number of nitrogens with zero attached hydrogens (tertiary/aromatic N) is 1. The van der Waals surface area contributed by atoms with Crippen LogP contribution in [0, 0.1) is 0 Å². The number of rotatable bonds is 7. The molecule has 2 atom stereocenters. The van der Waals surface area contributed by atoms with E-state index in [4.69, 9.17) is 4.74 Å². The summed E-state index contributed by atoms with van der Waals surface area (Å²) in [6, 6.07) is 11.7. The van der Waals surface area contributed by atoms with Gasteiger partial charge < -0.3 is 15.2 Å². The second-order valence-corrected chi connectivity index (χ2v) is 5.66. The molecule has 2 aromatic rings. The second-order valence-electron chi connectivity index (χ2n) is 5.66. The normalized spacial score (nSPS) is 13.9. The number of aliphatic hydroxyl groups excluding tert-OH is 1. The first-order chi connectivity index (χ1) is 10.6. The SMILES string of the molecule is CC(C)Oc1ccc(C(O)CNC(C)c2ccncc2)cc1. The Balaban J connectivity index is 1.88. The quantitative estimate of drug-likeness (QED) is 0.824. The minimum Gasteiger partial charge on any atom is -0.491 e. The molecule has 118 valence electrons. The van der Waals surface area contributed by atoms with Gasteiger partial charge in [0.1, 0.15) is 5.75 Å². The summed E-state index contributed by atoms with van der Waals surface area (Å²) in [7, 11) is 0. The van der Waals surface area contributed by atoms with E-state index in [0.717, 1.165) is 16.9 Å². The van der Waals surface area contributed by atoms with E-state index in [1.165, 1.54) is 0 Å². The highest BCUT2D eigenvalue weighted by molar-refractivity contribution is 5.29. The van der Waals surface area contributed by atoms with Gasteiger partial charge in [0.15, 0.2) is 0 Å². The van der Waals surface area contributed by atoms with Crippen molar-refractivity contribution in [2.24, 2.45) is 0 Å². The zero-order chi connectivity index (χ0) is 15.9. The van der Waals surface area contributed by atoms with Gasteiger partial charge in [-0.15, -0.1) is 0 Å². The average Bonchev–Trinajstić information content (AvgIpc) is 2.53. The van der Waals surface area contributed by atoms with Crippen LogP contribution in [0.1, 0.15) is 44.0 Å². The maximum absolute atomic E-state index is 10.3. The Hall–Kier alpha value is -1.91. The number of benzene rings is 1. The fraction of sp³-hybridized carbons (Fsp3) is 0.389. The minimum atomic E-state index is -0.544. The van der Waals surface area contributed by atoms with E-state index in [0.29, 0.717) is 6.54 Å². The summed E-state index contributed by atoms with van der Waals surface area (Å²) < 4.78 is 5.60. The van der Waals surface area contributed by atoms with Crippen molar-refractivity contribution in [3.8, 4) is 5.75 Å².